The van der Waals surface area contributed by atoms with Crippen LogP contribution in [0.25, 0.3) is 33.1 Å². The fourth-order valence-electron chi connectivity index (χ4n) is 3.05. The maximum Gasteiger partial charge on any atom is 0.272 e. The molecule has 0 radical (unpaired) electrons. The maximum atomic E-state index is 14.8. The van der Waals surface area contributed by atoms with Crippen LogP contribution in [0.2, 0.25) is 5.02 Å². The van der Waals surface area contributed by atoms with Crippen molar-refractivity contribution in [3.05, 3.63) is 57.6 Å². The van der Waals surface area contributed by atoms with E-state index < -0.39 is 11.4 Å². The van der Waals surface area contributed by atoms with Crippen LogP contribution in [-0.2, 0) is 0 Å². The summed E-state index contributed by atoms with van der Waals surface area (Å²) < 4.78 is 19.8. The van der Waals surface area contributed by atoms with Crippen LogP contribution in [-0.4, -0.2) is 17.1 Å². The summed E-state index contributed by atoms with van der Waals surface area (Å²) in [6.07, 6.45) is 0. The molecule has 0 saturated heterocycles. The highest BCUT2D eigenvalue weighted by atomic mass is 35.5. The van der Waals surface area contributed by atoms with Crippen molar-refractivity contribution in [2.75, 3.05) is 12.8 Å². The lowest BCUT2D eigenvalue weighted by Gasteiger charge is -2.10. The second-order valence-electron chi connectivity index (χ2n) is 5.63. The second kappa shape index (κ2) is 5.53. The van der Waals surface area contributed by atoms with Crippen molar-refractivity contribution in [1.29, 1.82) is 0 Å². The molecule has 0 amide bonds. The molecule has 2 aromatic heterocycles. The number of hydrogen-bond donors (Lipinski definition) is 3. The van der Waals surface area contributed by atoms with Gasteiger partial charge in [-0.05, 0) is 24.3 Å². The molecule has 2 aromatic carbocycles. The summed E-state index contributed by atoms with van der Waals surface area (Å²) in [4.78, 5) is 18.3. The highest BCUT2D eigenvalue weighted by Gasteiger charge is 2.20. The molecule has 25 heavy (non-hydrogen) atoms. The van der Waals surface area contributed by atoms with E-state index in [0.717, 1.165) is 10.9 Å². The molecule has 126 valence electrons. The molecule has 0 unspecified atom stereocenters. The molecule has 4 aromatic rings. The highest BCUT2D eigenvalue weighted by Crippen LogP contribution is 2.37. The molecule has 0 bridgehead atoms. The van der Waals surface area contributed by atoms with Gasteiger partial charge in [0.25, 0.3) is 5.56 Å². The predicted molar refractivity (Wildman–Crippen MR) is 97.8 cm³/mol. The number of nitrogen functional groups attached to an aromatic ring is 1. The Balaban J connectivity index is 2.19. The number of hydrogen-bond acceptors (Lipinski definition) is 3. The number of halogens is 2. The molecule has 0 saturated carbocycles. The van der Waals surface area contributed by atoms with Crippen molar-refractivity contribution in [2.45, 2.75) is 0 Å². The Hall–Kier alpha value is -2.99. The van der Waals surface area contributed by atoms with Gasteiger partial charge in [0.15, 0.2) is 11.6 Å². The Morgan fingerprint density at radius 2 is 1.96 bits per heavy atom. The molecule has 2 heterocycles. The van der Waals surface area contributed by atoms with Crippen molar-refractivity contribution in [1.82, 2.24) is 9.97 Å². The van der Waals surface area contributed by atoms with Crippen molar-refractivity contribution in [3.8, 4) is 16.9 Å². The van der Waals surface area contributed by atoms with Crippen LogP contribution in [0, 0.1) is 5.82 Å². The summed E-state index contributed by atoms with van der Waals surface area (Å²) in [6.45, 7) is 0. The van der Waals surface area contributed by atoms with Crippen LogP contribution in [0.4, 0.5) is 10.1 Å². The van der Waals surface area contributed by atoms with Crippen LogP contribution in [0.5, 0.6) is 5.75 Å². The molecule has 0 spiro atoms. The molecule has 5 nitrogen and oxygen atoms in total. The average molecular weight is 358 g/mol. The average Bonchev–Trinajstić information content (AvgIpc) is 2.94. The van der Waals surface area contributed by atoms with Gasteiger partial charge >= 0.3 is 0 Å². The van der Waals surface area contributed by atoms with E-state index in [9.17, 15) is 9.18 Å². The molecular weight excluding hydrogens is 345 g/mol. The number of rotatable bonds is 2. The number of pyridine rings is 1. The summed E-state index contributed by atoms with van der Waals surface area (Å²) >= 11 is 6.06. The van der Waals surface area contributed by atoms with E-state index in [1.165, 1.54) is 13.2 Å². The molecular formula is C18H13ClFN3O2. The minimum atomic E-state index is -0.583. The molecule has 7 heteroatoms. The number of nitrogens with one attached hydrogen (secondary N) is 2. The maximum absolute atomic E-state index is 14.8. The number of aromatic amines is 2. The molecule has 0 atom stereocenters. The standard InChI is InChI=1S/C18H13ClFN3O2/c1-25-12-4-2-3-9(14(12)20)13-15(21)18(24)23-16-10-7-8(19)5-6-11(10)22-17(13)16/h2-7,22H,21H2,1H3,(H,23,24). The number of nitrogens with two attached hydrogens (primary N) is 1. The van der Waals surface area contributed by atoms with Crippen molar-refractivity contribution in [3.63, 3.8) is 0 Å². The number of methoxy groups -OCH3 is 1. The third kappa shape index (κ3) is 2.26. The third-order valence-electron chi connectivity index (χ3n) is 4.22. The fraction of sp³-hybridized carbons (Fsp3) is 0.0556. The monoisotopic (exact) mass is 357 g/mol. The third-order valence-corrected chi connectivity index (χ3v) is 4.45. The zero-order valence-electron chi connectivity index (χ0n) is 13.1. The van der Waals surface area contributed by atoms with Crippen LogP contribution >= 0.6 is 11.6 Å². The van der Waals surface area contributed by atoms with Gasteiger partial charge in [-0.2, -0.15) is 0 Å². The minimum absolute atomic E-state index is 0.0719. The smallest absolute Gasteiger partial charge is 0.272 e. The van der Waals surface area contributed by atoms with E-state index >= 15 is 0 Å². The van der Waals surface area contributed by atoms with Gasteiger partial charge in [0.2, 0.25) is 0 Å². The second-order valence-corrected chi connectivity index (χ2v) is 6.07. The van der Waals surface area contributed by atoms with Gasteiger partial charge in [0.05, 0.1) is 18.1 Å². The first kappa shape index (κ1) is 15.5. The number of anilines is 1. The lowest BCUT2D eigenvalue weighted by Crippen LogP contribution is -2.13. The SMILES string of the molecule is COc1cccc(-c2c(N)c(=O)[nH]c3c2[nH]c2ccc(Cl)cc23)c1F. The summed E-state index contributed by atoms with van der Waals surface area (Å²) in [5, 5.41) is 1.25. The number of aromatic nitrogens is 2. The molecule has 4 N–H and O–H groups in total. The van der Waals surface area contributed by atoms with Crippen LogP contribution in [0.15, 0.2) is 41.2 Å². The zero-order chi connectivity index (χ0) is 17.7. The van der Waals surface area contributed by atoms with E-state index in [2.05, 4.69) is 9.97 Å². The predicted octanol–water partition coefficient (Wildman–Crippen LogP) is 4.06. The first-order valence-electron chi connectivity index (χ1n) is 7.47. The Morgan fingerprint density at radius 1 is 1.16 bits per heavy atom. The van der Waals surface area contributed by atoms with Crippen molar-refractivity contribution < 1.29 is 9.13 Å². The van der Waals surface area contributed by atoms with E-state index in [-0.39, 0.29) is 17.0 Å². The number of fused-ring (bicyclic) bond motifs is 3. The van der Waals surface area contributed by atoms with Crippen molar-refractivity contribution in [2.24, 2.45) is 0 Å². The summed E-state index contributed by atoms with van der Waals surface area (Å²) in [7, 11) is 1.38. The summed E-state index contributed by atoms with van der Waals surface area (Å²) in [5.41, 5.74) is 7.71. The van der Waals surface area contributed by atoms with Crippen LogP contribution in [0.1, 0.15) is 0 Å². The molecule has 4 rings (SSSR count). The van der Waals surface area contributed by atoms with E-state index in [1.807, 2.05) is 0 Å². The van der Waals surface area contributed by atoms with Gasteiger partial charge in [-0.1, -0.05) is 23.7 Å². The van der Waals surface area contributed by atoms with E-state index in [1.54, 1.807) is 30.3 Å². The first-order chi connectivity index (χ1) is 12.0. The summed E-state index contributed by atoms with van der Waals surface area (Å²) in [5.74, 6) is -0.509. The Bertz CT molecular complexity index is 1200. The topological polar surface area (TPSA) is 83.9 Å². The van der Waals surface area contributed by atoms with Gasteiger partial charge in [-0.15, -0.1) is 0 Å². The first-order valence-corrected chi connectivity index (χ1v) is 7.84. The van der Waals surface area contributed by atoms with Gasteiger partial charge in [0, 0.05) is 27.1 Å². The zero-order valence-corrected chi connectivity index (χ0v) is 13.9. The quantitative estimate of drug-likeness (QED) is 0.506. The molecule has 0 aliphatic carbocycles. The van der Waals surface area contributed by atoms with E-state index in [4.69, 9.17) is 22.1 Å². The van der Waals surface area contributed by atoms with E-state index in [0.29, 0.717) is 21.6 Å². The molecule has 0 aliphatic heterocycles. The van der Waals surface area contributed by atoms with Crippen LogP contribution in [0.3, 0.4) is 0 Å². The lowest BCUT2D eigenvalue weighted by molar-refractivity contribution is 0.387. The fourth-order valence-corrected chi connectivity index (χ4v) is 3.22. The minimum Gasteiger partial charge on any atom is -0.494 e. The van der Waals surface area contributed by atoms with Gasteiger partial charge in [-0.3, -0.25) is 4.79 Å². The number of H-pyrrole nitrogens is 2. The van der Waals surface area contributed by atoms with Crippen LogP contribution < -0.4 is 16.0 Å². The largest absolute Gasteiger partial charge is 0.494 e. The summed E-state index contributed by atoms with van der Waals surface area (Å²) in [6, 6.07) is 9.95. The molecule has 0 fully saturated rings. The number of benzene rings is 2. The Kier molecular flexibility index (Phi) is 3.43. The number of ether oxygens (including phenoxy) is 1. The van der Waals surface area contributed by atoms with Gasteiger partial charge in [-0.25, -0.2) is 4.39 Å². The van der Waals surface area contributed by atoms with Crippen molar-refractivity contribution >= 4 is 39.2 Å². The Morgan fingerprint density at radius 3 is 2.72 bits per heavy atom. The molecule has 0 aliphatic rings. The normalized spacial score (nSPS) is 11.3. The highest BCUT2D eigenvalue weighted by molar-refractivity contribution is 6.31. The lowest BCUT2D eigenvalue weighted by atomic mass is 10.0. The van der Waals surface area contributed by atoms with Gasteiger partial charge < -0.3 is 20.4 Å². The van der Waals surface area contributed by atoms with Gasteiger partial charge in [0.1, 0.15) is 5.69 Å². The Labute approximate surface area is 146 Å².